The number of rotatable bonds is 4. The number of ether oxygens (including phenoxy) is 1. The maximum Gasteiger partial charge on any atom is 0.334 e. The van der Waals surface area contributed by atoms with Gasteiger partial charge in [0.25, 0.3) is 0 Å². The Bertz CT molecular complexity index is 590. The predicted octanol–water partition coefficient (Wildman–Crippen LogP) is 3.14. The van der Waals surface area contributed by atoms with Crippen molar-refractivity contribution < 1.29 is 19.7 Å². The molecule has 0 aromatic carbocycles. The molecule has 0 amide bonds. The quantitative estimate of drug-likeness (QED) is 0.612. The van der Waals surface area contributed by atoms with Crippen LogP contribution in [0, 0.1) is 16.7 Å². The summed E-state index contributed by atoms with van der Waals surface area (Å²) in [5, 5.41) is 20.5. The summed E-state index contributed by atoms with van der Waals surface area (Å²) >= 11 is 0. The summed E-state index contributed by atoms with van der Waals surface area (Å²) in [4.78, 5) is 11.7. The van der Waals surface area contributed by atoms with Crippen LogP contribution in [0.5, 0.6) is 0 Å². The van der Waals surface area contributed by atoms with Gasteiger partial charge in [-0.25, -0.2) is 4.79 Å². The first kappa shape index (κ1) is 17.7. The molecule has 2 aliphatic carbocycles. The van der Waals surface area contributed by atoms with E-state index in [9.17, 15) is 15.0 Å². The van der Waals surface area contributed by atoms with E-state index in [0.29, 0.717) is 6.61 Å². The Kier molecular flexibility index (Phi) is 4.65. The third-order valence-electron chi connectivity index (χ3n) is 7.07. The minimum Gasteiger partial charge on any atom is -0.458 e. The molecule has 24 heavy (non-hydrogen) atoms. The van der Waals surface area contributed by atoms with Crippen molar-refractivity contribution in [3.8, 4) is 0 Å². The molecule has 4 heteroatoms. The van der Waals surface area contributed by atoms with E-state index in [0.717, 1.165) is 44.1 Å². The van der Waals surface area contributed by atoms with Crippen molar-refractivity contribution in [1.29, 1.82) is 0 Å². The number of hydrogen-bond donors (Lipinski definition) is 2. The van der Waals surface area contributed by atoms with Gasteiger partial charge in [0.2, 0.25) is 0 Å². The fourth-order valence-corrected chi connectivity index (χ4v) is 5.48. The lowest BCUT2D eigenvalue weighted by Crippen LogP contribution is -2.55. The summed E-state index contributed by atoms with van der Waals surface area (Å²) in [6.45, 7) is 6.98. The number of esters is 1. The number of fused-ring (bicyclic) bond motifs is 1. The molecular formula is C20H30O4. The zero-order chi connectivity index (χ0) is 17.5. The van der Waals surface area contributed by atoms with E-state index in [4.69, 9.17) is 4.74 Å². The Hall–Kier alpha value is -1.13. The molecule has 1 fully saturated rings. The Morgan fingerprint density at radius 2 is 2.04 bits per heavy atom. The van der Waals surface area contributed by atoms with E-state index < -0.39 is 11.5 Å². The van der Waals surface area contributed by atoms with Crippen LogP contribution in [0.25, 0.3) is 0 Å². The van der Waals surface area contributed by atoms with Crippen molar-refractivity contribution in [1.82, 2.24) is 0 Å². The highest BCUT2D eigenvalue weighted by Crippen LogP contribution is 2.60. The fourth-order valence-electron chi connectivity index (χ4n) is 5.48. The fraction of sp³-hybridized carbons (Fsp3) is 0.750. The second kappa shape index (κ2) is 6.30. The Morgan fingerprint density at radius 3 is 2.67 bits per heavy atom. The van der Waals surface area contributed by atoms with Gasteiger partial charge in [0.05, 0.1) is 12.7 Å². The van der Waals surface area contributed by atoms with E-state index in [2.05, 4.69) is 13.8 Å². The van der Waals surface area contributed by atoms with Crippen molar-refractivity contribution in [3.05, 3.63) is 22.8 Å². The Labute approximate surface area is 144 Å². The van der Waals surface area contributed by atoms with E-state index in [1.54, 1.807) is 0 Å². The van der Waals surface area contributed by atoms with Gasteiger partial charge in [-0.15, -0.1) is 0 Å². The second-order valence-corrected chi connectivity index (χ2v) is 8.31. The second-order valence-electron chi connectivity index (χ2n) is 8.31. The van der Waals surface area contributed by atoms with Gasteiger partial charge >= 0.3 is 5.97 Å². The highest BCUT2D eigenvalue weighted by molar-refractivity contribution is 5.90. The van der Waals surface area contributed by atoms with Gasteiger partial charge in [0.15, 0.2) is 0 Å². The van der Waals surface area contributed by atoms with E-state index >= 15 is 0 Å². The Morgan fingerprint density at radius 1 is 1.29 bits per heavy atom. The van der Waals surface area contributed by atoms with Crippen LogP contribution in [-0.4, -0.2) is 35.5 Å². The molecule has 4 atom stereocenters. The molecule has 134 valence electrons. The first-order valence-electron chi connectivity index (χ1n) is 9.17. The zero-order valence-electron chi connectivity index (χ0n) is 15.1. The van der Waals surface area contributed by atoms with Crippen LogP contribution in [0.2, 0.25) is 0 Å². The molecule has 0 aromatic heterocycles. The molecule has 1 saturated carbocycles. The van der Waals surface area contributed by atoms with Crippen LogP contribution >= 0.6 is 0 Å². The molecule has 3 aliphatic rings. The SMILES string of the molecule is CC1=C(CCC2=CCOC2=O)C2(C)CC[C@@H](O)[C@@](C)(CO)C2CC1. The summed E-state index contributed by atoms with van der Waals surface area (Å²) in [7, 11) is 0. The lowest BCUT2D eigenvalue weighted by molar-refractivity contribution is -0.136. The summed E-state index contributed by atoms with van der Waals surface area (Å²) in [6.07, 6.45) is 6.77. The van der Waals surface area contributed by atoms with Gasteiger partial charge in [0, 0.05) is 11.0 Å². The van der Waals surface area contributed by atoms with Crippen LogP contribution in [0.15, 0.2) is 22.8 Å². The van der Waals surface area contributed by atoms with Gasteiger partial charge in [-0.2, -0.15) is 0 Å². The molecule has 1 heterocycles. The molecule has 0 aromatic rings. The number of carbonyl (C=O) groups is 1. The van der Waals surface area contributed by atoms with E-state index in [-0.39, 0.29) is 23.9 Å². The van der Waals surface area contributed by atoms with Gasteiger partial charge in [-0.1, -0.05) is 25.0 Å². The third-order valence-corrected chi connectivity index (χ3v) is 7.07. The molecular weight excluding hydrogens is 304 g/mol. The topological polar surface area (TPSA) is 66.8 Å². The molecule has 0 spiro atoms. The van der Waals surface area contributed by atoms with Gasteiger partial charge < -0.3 is 14.9 Å². The van der Waals surface area contributed by atoms with Crippen molar-refractivity contribution in [3.63, 3.8) is 0 Å². The number of carbonyl (C=O) groups excluding carboxylic acids is 1. The van der Waals surface area contributed by atoms with Crippen LogP contribution < -0.4 is 0 Å². The molecule has 0 bridgehead atoms. The lowest BCUT2D eigenvalue weighted by Gasteiger charge is -2.57. The number of cyclic esters (lactones) is 1. The maximum atomic E-state index is 11.7. The zero-order valence-corrected chi connectivity index (χ0v) is 15.1. The maximum absolute atomic E-state index is 11.7. The van der Waals surface area contributed by atoms with Crippen molar-refractivity contribution in [2.24, 2.45) is 16.7 Å². The first-order chi connectivity index (χ1) is 11.3. The summed E-state index contributed by atoms with van der Waals surface area (Å²) < 4.78 is 5.01. The predicted molar refractivity (Wildman–Crippen MR) is 92.2 cm³/mol. The molecule has 3 rings (SSSR count). The van der Waals surface area contributed by atoms with E-state index in [1.807, 2.05) is 13.0 Å². The van der Waals surface area contributed by atoms with Crippen LogP contribution in [-0.2, 0) is 9.53 Å². The van der Waals surface area contributed by atoms with Crippen molar-refractivity contribution in [2.45, 2.75) is 65.4 Å². The van der Waals surface area contributed by atoms with Crippen LogP contribution in [0.1, 0.15) is 59.3 Å². The van der Waals surface area contributed by atoms with Gasteiger partial charge in [-0.3, -0.25) is 0 Å². The third kappa shape index (κ3) is 2.64. The smallest absolute Gasteiger partial charge is 0.334 e. The van der Waals surface area contributed by atoms with Gasteiger partial charge in [-0.05, 0) is 62.9 Å². The monoisotopic (exact) mass is 334 g/mol. The number of hydrogen-bond acceptors (Lipinski definition) is 4. The van der Waals surface area contributed by atoms with Crippen molar-refractivity contribution in [2.75, 3.05) is 13.2 Å². The number of aliphatic hydroxyl groups excluding tert-OH is 2. The van der Waals surface area contributed by atoms with Crippen LogP contribution in [0.4, 0.5) is 0 Å². The minimum absolute atomic E-state index is 0.00210. The average molecular weight is 334 g/mol. The normalized spacial score (nSPS) is 39.5. The standard InChI is InChI=1S/C20H30O4/c1-13-4-7-16-19(2,10-8-17(22)20(16,3)12-21)15(13)6-5-14-9-11-24-18(14)23/h9,16-17,21-22H,4-8,10-12H2,1-3H3/t16?,17-,19?,20+/m1/s1. The number of aliphatic hydroxyl groups is 2. The highest BCUT2D eigenvalue weighted by atomic mass is 16.5. The lowest BCUT2D eigenvalue weighted by atomic mass is 9.48. The molecule has 2 N–H and O–H groups in total. The Balaban J connectivity index is 1.86. The largest absolute Gasteiger partial charge is 0.458 e. The first-order valence-corrected chi connectivity index (χ1v) is 9.17. The molecule has 1 aliphatic heterocycles. The number of allylic oxidation sites excluding steroid dienone is 2. The molecule has 4 nitrogen and oxygen atoms in total. The highest BCUT2D eigenvalue weighted by Gasteiger charge is 2.55. The summed E-state index contributed by atoms with van der Waals surface area (Å²) in [6, 6.07) is 0. The molecule has 2 unspecified atom stereocenters. The summed E-state index contributed by atoms with van der Waals surface area (Å²) in [5.74, 6) is 0.104. The molecule has 0 radical (unpaired) electrons. The van der Waals surface area contributed by atoms with Crippen molar-refractivity contribution >= 4 is 5.97 Å². The van der Waals surface area contributed by atoms with E-state index in [1.165, 1.54) is 11.1 Å². The molecule has 0 saturated heterocycles. The minimum atomic E-state index is -0.440. The van der Waals surface area contributed by atoms with Crippen LogP contribution in [0.3, 0.4) is 0 Å². The van der Waals surface area contributed by atoms with Gasteiger partial charge in [0.1, 0.15) is 6.61 Å². The average Bonchev–Trinajstić information content (AvgIpc) is 2.96. The summed E-state index contributed by atoms with van der Waals surface area (Å²) in [5.41, 5.74) is 3.22.